The van der Waals surface area contributed by atoms with Crippen molar-refractivity contribution in [2.45, 2.75) is 0 Å². The normalized spacial score (nSPS) is 7.70. The van der Waals surface area contributed by atoms with Gasteiger partial charge in [-0.05, 0) is 0 Å². The highest BCUT2D eigenvalue weighted by Gasteiger charge is 2.03. The number of hydrogen-bond acceptors (Lipinski definition) is 3. The quantitative estimate of drug-likeness (QED) is 0.197. The maximum atomic E-state index is 9.84. The van der Waals surface area contributed by atoms with Crippen molar-refractivity contribution in [1.82, 2.24) is 5.01 Å². The molecule has 10 heavy (non-hydrogen) atoms. The molecule has 0 aromatic rings. The van der Waals surface area contributed by atoms with E-state index in [0.29, 0.717) is 5.01 Å². The molecular formula is C3H9BrN4O2. The molecular weight excluding hydrogens is 204 g/mol. The molecule has 0 aliphatic rings. The van der Waals surface area contributed by atoms with Gasteiger partial charge in [0, 0.05) is 0 Å². The molecule has 0 amide bonds. The summed E-state index contributed by atoms with van der Waals surface area (Å²) in [5, 5.41) is 15.3. The van der Waals surface area contributed by atoms with Crippen LogP contribution in [0.1, 0.15) is 0 Å². The van der Waals surface area contributed by atoms with Crippen LogP contribution in [0.5, 0.6) is 0 Å². The maximum absolute atomic E-state index is 9.84. The van der Waals surface area contributed by atoms with Crippen LogP contribution in [0.2, 0.25) is 0 Å². The first-order valence-corrected chi connectivity index (χ1v) is 2.12. The molecule has 60 valence electrons. The summed E-state index contributed by atoms with van der Waals surface area (Å²) in [5.74, 6) is 3.34. The monoisotopic (exact) mass is 212 g/mol. The van der Waals surface area contributed by atoms with Gasteiger partial charge in [-0.25, -0.2) is 5.84 Å². The molecule has 0 rings (SSSR count). The second-order valence-corrected chi connectivity index (χ2v) is 1.41. The average Bonchev–Trinajstić information content (AvgIpc) is 1.63. The molecule has 0 aromatic heterocycles. The molecule has 0 saturated heterocycles. The van der Waals surface area contributed by atoms with E-state index in [1.165, 1.54) is 0 Å². The Labute approximate surface area is 68.0 Å². The van der Waals surface area contributed by atoms with Gasteiger partial charge in [0.15, 0.2) is 0 Å². The van der Waals surface area contributed by atoms with E-state index in [1.807, 2.05) is 0 Å². The fourth-order valence-corrected chi connectivity index (χ4v) is 0.231. The minimum absolute atomic E-state index is 0. The summed E-state index contributed by atoms with van der Waals surface area (Å²) in [4.78, 5) is 9.84. The van der Waals surface area contributed by atoms with Gasteiger partial charge >= 0.3 is 5.97 Å². The van der Waals surface area contributed by atoms with Gasteiger partial charge in [0.25, 0.3) is 0 Å². The van der Waals surface area contributed by atoms with Crippen LogP contribution < -0.4 is 11.6 Å². The van der Waals surface area contributed by atoms with Crippen molar-refractivity contribution in [3.63, 3.8) is 0 Å². The Bertz CT molecular complexity index is 138. The second kappa shape index (κ2) is 5.00. The number of nitrogens with one attached hydrogen (secondary N) is 1. The Morgan fingerprint density at radius 2 is 2.10 bits per heavy atom. The van der Waals surface area contributed by atoms with Gasteiger partial charge in [-0.1, -0.05) is 0 Å². The number of hydrogen-bond donors (Lipinski definition) is 4. The van der Waals surface area contributed by atoms with E-state index < -0.39 is 18.5 Å². The van der Waals surface area contributed by atoms with Crippen LogP contribution in [-0.2, 0) is 4.79 Å². The van der Waals surface area contributed by atoms with Gasteiger partial charge in [0.2, 0.25) is 5.96 Å². The predicted octanol–water partition coefficient (Wildman–Crippen LogP) is -1.28. The Morgan fingerprint density at radius 1 is 1.70 bits per heavy atom. The van der Waals surface area contributed by atoms with Gasteiger partial charge in [0.05, 0.1) is 0 Å². The number of halogens is 1. The number of carboxylic acids is 1. The molecule has 0 aliphatic heterocycles. The lowest BCUT2D eigenvalue weighted by atomic mass is 10.6. The van der Waals surface area contributed by atoms with Crippen LogP contribution in [0.3, 0.4) is 0 Å². The average molecular weight is 213 g/mol. The van der Waals surface area contributed by atoms with Crippen LogP contribution >= 0.6 is 17.0 Å². The molecule has 0 spiro atoms. The summed E-state index contributed by atoms with van der Waals surface area (Å²) in [6, 6.07) is 0. The topological polar surface area (TPSA) is 116 Å². The largest absolute Gasteiger partial charge is 0.480 e. The lowest BCUT2D eigenvalue weighted by Gasteiger charge is -2.11. The van der Waals surface area contributed by atoms with Crippen molar-refractivity contribution < 1.29 is 9.90 Å². The number of rotatable bonds is 2. The van der Waals surface area contributed by atoms with Crippen molar-refractivity contribution in [3.05, 3.63) is 0 Å². The fourth-order valence-electron chi connectivity index (χ4n) is 0.231. The molecule has 6 N–H and O–H groups in total. The van der Waals surface area contributed by atoms with E-state index in [0.717, 1.165) is 0 Å². The lowest BCUT2D eigenvalue weighted by Crippen LogP contribution is -2.44. The summed E-state index contributed by atoms with van der Waals surface area (Å²) in [5.41, 5.74) is 4.81. The van der Waals surface area contributed by atoms with E-state index in [9.17, 15) is 4.79 Å². The molecule has 0 saturated carbocycles. The number of aliphatic carboxylic acids is 1. The van der Waals surface area contributed by atoms with Crippen LogP contribution in [0.4, 0.5) is 0 Å². The molecule has 0 atom stereocenters. The summed E-state index contributed by atoms with van der Waals surface area (Å²) in [6.07, 6.45) is 0. The molecule has 0 fully saturated rings. The SMILES string of the molecule is Br.N=C(N)N(N)CC(=O)O. The van der Waals surface area contributed by atoms with E-state index in [4.69, 9.17) is 22.1 Å². The van der Waals surface area contributed by atoms with Gasteiger partial charge in [0.1, 0.15) is 6.54 Å². The summed E-state index contributed by atoms with van der Waals surface area (Å²) < 4.78 is 0. The van der Waals surface area contributed by atoms with Crippen molar-refractivity contribution in [3.8, 4) is 0 Å². The Morgan fingerprint density at radius 3 is 2.20 bits per heavy atom. The number of guanidine groups is 1. The third-order valence-electron chi connectivity index (χ3n) is 0.615. The van der Waals surface area contributed by atoms with Crippen LogP contribution in [0.15, 0.2) is 0 Å². The third-order valence-corrected chi connectivity index (χ3v) is 0.615. The van der Waals surface area contributed by atoms with E-state index >= 15 is 0 Å². The van der Waals surface area contributed by atoms with Crippen molar-refractivity contribution in [2.75, 3.05) is 6.54 Å². The van der Waals surface area contributed by atoms with Crippen molar-refractivity contribution in [1.29, 1.82) is 5.41 Å². The molecule has 0 aromatic carbocycles. The van der Waals surface area contributed by atoms with Crippen LogP contribution in [0.25, 0.3) is 0 Å². The first-order valence-electron chi connectivity index (χ1n) is 2.12. The molecule has 0 radical (unpaired) electrons. The van der Waals surface area contributed by atoms with Crippen molar-refractivity contribution >= 4 is 28.9 Å². The molecule has 0 bridgehead atoms. The minimum Gasteiger partial charge on any atom is -0.480 e. The first kappa shape index (κ1) is 11.9. The fraction of sp³-hybridized carbons (Fsp3) is 0.333. The minimum atomic E-state index is -1.12. The molecule has 0 heterocycles. The van der Waals surface area contributed by atoms with Gasteiger partial charge in [-0.15, -0.1) is 17.0 Å². The summed E-state index contributed by atoms with van der Waals surface area (Å²) in [6.45, 7) is -0.449. The Balaban J connectivity index is 0. The van der Waals surface area contributed by atoms with E-state index in [1.54, 1.807) is 0 Å². The Hall–Kier alpha value is -0.820. The van der Waals surface area contributed by atoms with Crippen molar-refractivity contribution in [2.24, 2.45) is 11.6 Å². The van der Waals surface area contributed by atoms with Gasteiger partial charge in [-0.3, -0.25) is 15.2 Å². The molecule has 0 unspecified atom stereocenters. The highest BCUT2D eigenvalue weighted by molar-refractivity contribution is 8.93. The van der Waals surface area contributed by atoms with E-state index in [2.05, 4.69) is 0 Å². The lowest BCUT2D eigenvalue weighted by molar-refractivity contribution is -0.137. The third kappa shape index (κ3) is 5.32. The summed E-state index contributed by atoms with van der Waals surface area (Å²) >= 11 is 0. The molecule has 7 heteroatoms. The summed E-state index contributed by atoms with van der Waals surface area (Å²) in [7, 11) is 0. The number of carboxylic acid groups (broad SMARTS) is 1. The van der Waals surface area contributed by atoms with Gasteiger partial charge in [-0.2, -0.15) is 0 Å². The standard InChI is InChI=1S/C3H8N4O2.BrH/c4-3(5)7(6)1-2(8)9;/h1,6H2,(H3,4,5)(H,8,9);1H. The van der Waals surface area contributed by atoms with Gasteiger partial charge < -0.3 is 10.8 Å². The predicted molar refractivity (Wildman–Crippen MR) is 40.8 cm³/mol. The highest BCUT2D eigenvalue weighted by Crippen LogP contribution is 1.72. The number of carbonyl (C=O) groups is 1. The number of nitrogens with zero attached hydrogens (tertiary/aromatic N) is 1. The Kier molecular flexibility index (Phi) is 5.96. The highest BCUT2D eigenvalue weighted by atomic mass is 79.9. The number of hydrazine groups is 1. The zero-order chi connectivity index (χ0) is 7.44. The number of nitrogens with two attached hydrogens (primary N) is 2. The molecule has 0 aliphatic carbocycles. The van der Waals surface area contributed by atoms with E-state index in [-0.39, 0.29) is 17.0 Å². The first-order chi connectivity index (χ1) is 4.04. The van der Waals surface area contributed by atoms with Crippen LogP contribution in [0, 0.1) is 5.41 Å². The maximum Gasteiger partial charge on any atom is 0.324 e. The smallest absolute Gasteiger partial charge is 0.324 e. The second-order valence-electron chi connectivity index (χ2n) is 1.41. The zero-order valence-electron chi connectivity index (χ0n) is 5.07. The van der Waals surface area contributed by atoms with Crippen LogP contribution in [-0.4, -0.2) is 28.6 Å². The molecule has 6 nitrogen and oxygen atoms in total. The zero-order valence-corrected chi connectivity index (χ0v) is 6.79.